The Kier molecular flexibility index (Phi) is 4.80. The molecule has 1 atom stereocenters. The Hall–Kier alpha value is -1.10. The SMILES string of the molecule is CC(C)N1CCN(CC(O)c2ccccc2N)CC1. The summed E-state index contributed by atoms with van der Waals surface area (Å²) in [5.74, 6) is 0. The first kappa shape index (κ1) is 14.3. The Bertz CT molecular complexity index is 400. The minimum absolute atomic E-state index is 0.494. The number of nitrogens with two attached hydrogens (primary N) is 1. The second-order valence-electron chi connectivity index (χ2n) is 5.58. The van der Waals surface area contributed by atoms with E-state index >= 15 is 0 Å². The number of hydrogen-bond donors (Lipinski definition) is 2. The summed E-state index contributed by atoms with van der Waals surface area (Å²) in [6, 6.07) is 8.18. The Labute approximate surface area is 115 Å². The molecule has 4 nitrogen and oxygen atoms in total. The summed E-state index contributed by atoms with van der Waals surface area (Å²) in [5, 5.41) is 10.3. The molecule has 106 valence electrons. The highest BCUT2D eigenvalue weighted by Gasteiger charge is 2.21. The first-order chi connectivity index (χ1) is 9.08. The van der Waals surface area contributed by atoms with Gasteiger partial charge in [0.25, 0.3) is 0 Å². The van der Waals surface area contributed by atoms with Crippen LogP contribution < -0.4 is 5.73 Å². The number of β-amino-alcohol motifs (C(OH)–C–C–N with tert-alkyl or cyclic N) is 1. The molecule has 0 radical (unpaired) electrons. The lowest BCUT2D eigenvalue weighted by Gasteiger charge is -2.37. The maximum atomic E-state index is 10.3. The lowest BCUT2D eigenvalue weighted by molar-refractivity contribution is 0.0624. The molecule has 0 aliphatic carbocycles. The van der Waals surface area contributed by atoms with Gasteiger partial charge in [0.2, 0.25) is 0 Å². The molecule has 0 aromatic heterocycles. The van der Waals surface area contributed by atoms with Crippen LogP contribution in [0.25, 0.3) is 0 Å². The third-order valence-corrected chi connectivity index (χ3v) is 3.92. The van der Waals surface area contributed by atoms with Crippen molar-refractivity contribution in [3.63, 3.8) is 0 Å². The van der Waals surface area contributed by atoms with E-state index in [4.69, 9.17) is 5.73 Å². The van der Waals surface area contributed by atoms with E-state index in [9.17, 15) is 5.11 Å². The highest BCUT2D eigenvalue weighted by atomic mass is 16.3. The van der Waals surface area contributed by atoms with E-state index in [1.807, 2.05) is 24.3 Å². The number of benzene rings is 1. The fourth-order valence-corrected chi connectivity index (χ4v) is 2.62. The smallest absolute Gasteiger partial charge is 0.0936 e. The van der Waals surface area contributed by atoms with Crippen molar-refractivity contribution in [2.45, 2.75) is 26.0 Å². The first-order valence-corrected chi connectivity index (χ1v) is 7.07. The number of aliphatic hydroxyl groups excluding tert-OH is 1. The second kappa shape index (κ2) is 6.37. The topological polar surface area (TPSA) is 52.7 Å². The lowest BCUT2D eigenvalue weighted by Crippen LogP contribution is -2.49. The summed E-state index contributed by atoms with van der Waals surface area (Å²) in [6.45, 7) is 9.32. The van der Waals surface area contributed by atoms with Crippen molar-refractivity contribution >= 4 is 5.69 Å². The predicted molar refractivity (Wildman–Crippen MR) is 79.0 cm³/mol. The highest BCUT2D eigenvalue weighted by molar-refractivity contribution is 5.47. The maximum Gasteiger partial charge on any atom is 0.0936 e. The molecule has 1 aliphatic rings. The molecule has 2 rings (SSSR count). The molecule has 0 bridgehead atoms. The van der Waals surface area contributed by atoms with Crippen LogP contribution in [0, 0.1) is 0 Å². The van der Waals surface area contributed by atoms with Crippen LogP contribution in [-0.2, 0) is 0 Å². The Morgan fingerprint density at radius 1 is 1.16 bits per heavy atom. The second-order valence-corrected chi connectivity index (χ2v) is 5.58. The van der Waals surface area contributed by atoms with Gasteiger partial charge in [-0.05, 0) is 19.9 Å². The van der Waals surface area contributed by atoms with Gasteiger partial charge in [-0.25, -0.2) is 0 Å². The zero-order chi connectivity index (χ0) is 13.8. The lowest BCUT2D eigenvalue weighted by atomic mass is 10.1. The fourth-order valence-electron chi connectivity index (χ4n) is 2.62. The molecule has 0 amide bonds. The van der Waals surface area contributed by atoms with Gasteiger partial charge in [0.05, 0.1) is 6.10 Å². The van der Waals surface area contributed by atoms with Crippen LogP contribution in [0.1, 0.15) is 25.5 Å². The van der Waals surface area contributed by atoms with Crippen molar-refractivity contribution in [3.05, 3.63) is 29.8 Å². The van der Waals surface area contributed by atoms with Crippen LogP contribution in [0.2, 0.25) is 0 Å². The van der Waals surface area contributed by atoms with Crippen molar-refractivity contribution in [1.29, 1.82) is 0 Å². The summed E-state index contributed by atoms with van der Waals surface area (Å²) in [6.07, 6.45) is -0.494. The van der Waals surface area contributed by atoms with E-state index in [0.717, 1.165) is 31.7 Å². The van der Waals surface area contributed by atoms with Crippen molar-refractivity contribution in [3.8, 4) is 0 Å². The predicted octanol–water partition coefficient (Wildman–Crippen LogP) is 1.33. The number of aliphatic hydroxyl groups is 1. The number of anilines is 1. The molecule has 1 aromatic rings. The molecule has 19 heavy (non-hydrogen) atoms. The van der Waals surface area contributed by atoms with Gasteiger partial charge < -0.3 is 10.8 Å². The monoisotopic (exact) mass is 263 g/mol. The standard InChI is InChI=1S/C15H25N3O/c1-12(2)18-9-7-17(8-10-18)11-15(19)13-5-3-4-6-14(13)16/h3-6,12,15,19H,7-11,16H2,1-2H3. The van der Waals surface area contributed by atoms with Crippen molar-refractivity contribution in [2.24, 2.45) is 0 Å². The fraction of sp³-hybridized carbons (Fsp3) is 0.600. The van der Waals surface area contributed by atoms with E-state index in [0.29, 0.717) is 18.3 Å². The quantitative estimate of drug-likeness (QED) is 0.805. The summed E-state index contributed by atoms with van der Waals surface area (Å²) in [7, 11) is 0. The number of rotatable bonds is 4. The van der Waals surface area contributed by atoms with Gasteiger partial charge in [-0.1, -0.05) is 18.2 Å². The normalized spacial score (nSPS) is 19.8. The zero-order valence-corrected chi connectivity index (χ0v) is 11.9. The van der Waals surface area contributed by atoms with Crippen molar-refractivity contribution in [2.75, 3.05) is 38.5 Å². The Morgan fingerprint density at radius 3 is 2.37 bits per heavy atom. The zero-order valence-electron chi connectivity index (χ0n) is 11.9. The number of piperazine rings is 1. The summed E-state index contributed by atoms with van der Waals surface area (Å²) in [4.78, 5) is 4.79. The van der Waals surface area contributed by atoms with Gasteiger partial charge in [0.1, 0.15) is 0 Å². The van der Waals surface area contributed by atoms with Gasteiger partial charge in [-0.3, -0.25) is 9.80 Å². The van der Waals surface area contributed by atoms with Gasteiger partial charge in [0.15, 0.2) is 0 Å². The molecule has 1 saturated heterocycles. The summed E-state index contributed by atoms with van der Waals surface area (Å²) in [5.41, 5.74) is 7.42. The van der Waals surface area contributed by atoms with E-state index in [1.165, 1.54) is 0 Å². The first-order valence-electron chi connectivity index (χ1n) is 7.07. The van der Waals surface area contributed by atoms with Crippen LogP contribution in [0.3, 0.4) is 0 Å². The highest BCUT2D eigenvalue weighted by Crippen LogP contribution is 2.21. The summed E-state index contributed by atoms with van der Waals surface area (Å²) < 4.78 is 0. The van der Waals surface area contributed by atoms with Crippen molar-refractivity contribution < 1.29 is 5.11 Å². The number of para-hydroxylation sites is 1. The van der Waals surface area contributed by atoms with Gasteiger partial charge >= 0.3 is 0 Å². The van der Waals surface area contributed by atoms with Crippen LogP contribution >= 0.6 is 0 Å². The van der Waals surface area contributed by atoms with Gasteiger partial charge in [0, 0.05) is 50.0 Å². The van der Waals surface area contributed by atoms with E-state index in [-0.39, 0.29) is 0 Å². The average molecular weight is 263 g/mol. The largest absolute Gasteiger partial charge is 0.398 e. The molecule has 0 saturated carbocycles. The van der Waals surface area contributed by atoms with Crippen LogP contribution in [-0.4, -0.2) is 53.7 Å². The van der Waals surface area contributed by atoms with Crippen molar-refractivity contribution in [1.82, 2.24) is 9.80 Å². The molecule has 1 aromatic carbocycles. The van der Waals surface area contributed by atoms with Crippen LogP contribution in [0.4, 0.5) is 5.69 Å². The molecule has 1 unspecified atom stereocenters. The minimum Gasteiger partial charge on any atom is -0.398 e. The third-order valence-electron chi connectivity index (χ3n) is 3.92. The Balaban J connectivity index is 1.87. The molecule has 1 heterocycles. The number of nitrogens with zero attached hydrogens (tertiary/aromatic N) is 2. The molecule has 4 heteroatoms. The van der Waals surface area contributed by atoms with E-state index < -0.39 is 6.10 Å². The molecular weight excluding hydrogens is 238 g/mol. The van der Waals surface area contributed by atoms with Gasteiger partial charge in [-0.2, -0.15) is 0 Å². The molecule has 1 fully saturated rings. The van der Waals surface area contributed by atoms with E-state index in [1.54, 1.807) is 0 Å². The third kappa shape index (κ3) is 3.69. The molecular formula is C15H25N3O. The van der Waals surface area contributed by atoms with Crippen LogP contribution in [0.5, 0.6) is 0 Å². The Morgan fingerprint density at radius 2 is 1.79 bits per heavy atom. The number of hydrogen-bond acceptors (Lipinski definition) is 4. The maximum absolute atomic E-state index is 10.3. The minimum atomic E-state index is -0.494. The molecule has 3 N–H and O–H groups in total. The molecule has 1 aliphatic heterocycles. The average Bonchev–Trinajstić information content (AvgIpc) is 2.39. The molecule has 0 spiro atoms. The van der Waals surface area contributed by atoms with Crippen LogP contribution in [0.15, 0.2) is 24.3 Å². The summed E-state index contributed by atoms with van der Waals surface area (Å²) >= 11 is 0. The van der Waals surface area contributed by atoms with Gasteiger partial charge in [-0.15, -0.1) is 0 Å². The van der Waals surface area contributed by atoms with E-state index in [2.05, 4.69) is 23.6 Å². The number of nitrogen functional groups attached to an aromatic ring is 1.